The summed E-state index contributed by atoms with van der Waals surface area (Å²) in [5.74, 6) is -0.393. The average molecular weight is 385 g/mol. The molecule has 0 aliphatic heterocycles. The van der Waals surface area contributed by atoms with Crippen molar-refractivity contribution in [1.82, 2.24) is 0 Å². The highest BCUT2D eigenvalue weighted by Gasteiger charge is 2.09. The van der Waals surface area contributed by atoms with Gasteiger partial charge in [-0.05, 0) is 66.7 Å². The maximum absolute atomic E-state index is 13.2. The third-order valence-electron chi connectivity index (χ3n) is 3.67. The van der Waals surface area contributed by atoms with Crippen molar-refractivity contribution in [2.45, 2.75) is 0 Å². The molecule has 0 unspecified atom stereocenters. The Morgan fingerprint density at radius 1 is 0.889 bits per heavy atom. The molecule has 7 heteroatoms. The number of primary amides is 1. The lowest BCUT2D eigenvalue weighted by molar-refractivity contribution is 0.0997. The fourth-order valence-electron chi connectivity index (χ4n) is 2.27. The zero-order valence-corrected chi connectivity index (χ0v) is 14.7. The van der Waals surface area contributed by atoms with Crippen molar-refractivity contribution in [2.75, 3.05) is 5.32 Å². The first kappa shape index (κ1) is 18.4. The molecular formula is C20H14ClFN2O3. The highest BCUT2D eigenvalue weighted by molar-refractivity contribution is 6.31. The van der Waals surface area contributed by atoms with Crippen LogP contribution >= 0.6 is 11.6 Å². The normalized spacial score (nSPS) is 10.3. The zero-order valence-electron chi connectivity index (χ0n) is 13.9. The maximum atomic E-state index is 13.2. The lowest BCUT2D eigenvalue weighted by atomic mass is 10.2. The minimum atomic E-state index is -0.556. The van der Waals surface area contributed by atoms with Crippen molar-refractivity contribution in [1.29, 1.82) is 0 Å². The van der Waals surface area contributed by atoms with E-state index in [1.165, 1.54) is 18.2 Å². The third-order valence-corrected chi connectivity index (χ3v) is 3.96. The van der Waals surface area contributed by atoms with Gasteiger partial charge in [0.2, 0.25) is 5.91 Å². The summed E-state index contributed by atoms with van der Waals surface area (Å²) in [6, 6.07) is 16.8. The number of hydrogen-bond acceptors (Lipinski definition) is 3. The van der Waals surface area contributed by atoms with Crippen LogP contribution in [0.15, 0.2) is 66.7 Å². The molecule has 0 aliphatic rings. The van der Waals surface area contributed by atoms with Crippen molar-refractivity contribution in [3.05, 3.63) is 88.7 Å². The summed E-state index contributed by atoms with van der Waals surface area (Å²) >= 11 is 5.70. The fourth-order valence-corrected chi connectivity index (χ4v) is 2.46. The maximum Gasteiger partial charge on any atom is 0.255 e. The minimum absolute atomic E-state index is 0.0705. The lowest BCUT2D eigenvalue weighted by Gasteiger charge is -2.08. The van der Waals surface area contributed by atoms with Crippen molar-refractivity contribution in [3.8, 4) is 11.5 Å². The van der Waals surface area contributed by atoms with Crippen molar-refractivity contribution in [2.24, 2.45) is 5.73 Å². The van der Waals surface area contributed by atoms with Gasteiger partial charge in [0.15, 0.2) is 0 Å². The van der Waals surface area contributed by atoms with Crippen LogP contribution in [0, 0.1) is 5.82 Å². The van der Waals surface area contributed by atoms with E-state index in [9.17, 15) is 14.0 Å². The molecule has 0 saturated heterocycles. The van der Waals surface area contributed by atoms with Crippen LogP contribution in [0.25, 0.3) is 0 Å². The average Bonchev–Trinajstić information content (AvgIpc) is 2.66. The van der Waals surface area contributed by atoms with E-state index in [0.717, 1.165) is 0 Å². The van der Waals surface area contributed by atoms with Crippen LogP contribution in [0.1, 0.15) is 20.7 Å². The van der Waals surface area contributed by atoms with Gasteiger partial charge in [0.05, 0.1) is 5.02 Å². The number of carbonyl (C=O) groups excluding carboxylic acids is 2. The van der Waals surface area contributed by atoms with Gasteiger partial charge in [-0.25, -0.2) is 4.39 Å². The SMILES string of the molecule is NC(=O)c1ccc(Oc2ccc(C(=O)Nc3ccc(F)c(Cl)c3)cc2)cc1. The minimum Gasteiger partial charge on any atom is -0.457 e. The molecule has 3 N–H and O–H groups in total. The molecule has 0 atom stereocenters. The summed E-state index contributed by atoms with van der Waals surface area (Å²) in [6.07, 6.45) is 0. The predicted octanol–water partition coefficient (Wildman–Crippen LogP) is 4.62. The lowest BCUT2D eigenvalue weighted by Crippen LogP contribution is -2.11. The van der Waals surface area contributed by atoms with Gasteiger partial charge in [0.1, 0.15) is 17.3 Å². The highest BCUT2D eigenvalue weighted by Crippen LogP contribution is 2.23. The molecule has 27 heavy (non-hydrogen) atoms. The Bertz CT molecular complexity index is 989. The molecule has 0 fully saturated rings. The molecule has 3 aromatic carbocycles. The highest BCUT2D eigenvalue weighted by atomic mass is 35.5. The van der Waals surface area contributed by atoms with Gasteiger partial charge < -0.3 is 15.8 Å². The summed E-state index contributed by atoms with van der Waals surface area (Å²) in [5, 5.41) is 2.57. The van der Waals surface area contributed by atoms with E-state index in [4.69, 9.17) is 22.1 Å². The monoisotopic (exact) mass is 384 g/mol. The largest absolute Gasteiger partial charge is 0.457 e. The number of anilines is 1. The number of carbonyl (C=O) groups is 2. The Hall–Kier alpha value is -3.38. The van der Waals surface area contributed by atoms with Crippen LogP contribution in [0.5, 0.6) is 11.5 Å². The Morgan fingerprint density at radius 3 is 1.96 bits per heavy atom. The first-order valence-corrected chi connectivity index (χ1v) is 8.24. The molecule has 0 heterocycles. The summed E-state index contributed by atoms with van der Waals surface area (Å²) in [6.45, 7) is 0. The van der Waals surface area contributed by atoms with Gasteiger partial charge in [0, 0.05) is 16.8 Å². The number of ether oxygens (including phenoxy) is 1. The number of nitrogens with one attached hydrogen (secondary N) is 1. The van der Waals surface area contributed by atoms with E-state index < -0.39 is 11.7 Å². The van der Waals surface area contributed by atoms with Crippen LogP contribution in [0.3, 0.4) is 0 Å². The molecule has 0 aliphatic carbocycles. The Labute approximate surface area is 159 Å². The van der Waals surface area contributed by atoms with E-state index in [-0.39, 0.29) is 10.9 Å². The van der Waals surface area contributed by atoms with Gasteiger partial charge in [-0.1, -0.05) is 11.6 Å². The van der Waals surface area contributed by atoms with Gasteiger partial charge in [-0.15, -0.1) is 0 Å². The second-order valence-corrected chi connectivity index (χ2v) is 6.01. The fraction of sp³-hybridized carbons (Fsp3) is 0. The summed E-state index contributed by atoms with van der Waals surface area (Å²) < 4.78 is 18.8. The summed E-state index contributed by atoms with van der Waals surface area (Å²) in [7, 11) is 0. The van der Waals surface area contributed by atoms with Crippen LogP contribution in [0.2, 0.25) is 5.02 Å². The molecule has 0 bridgehead atoms. The zero-order chi connectivity index (χ0) is 19.4. The summed E-state index contributed by atoms with van der Waals surface area (Å²) in [4.78, 5) is 23.3. The Kier molecular flexibility index (Phi) is 5.38. The molecule has 5 nitrogen and oxygen atoms in total. The standard InChI is InChI=1S/C20H14ClFN2O3/c21-17-11-14(5-10-18(17)22)24-20(26)13-3-8-16(9-4-13)27-15-6-1-12(2-7-15)19(23)25/h1-11H,(H2,23,25)(H,24,26). The predicted molar refractivity (Wildman–Crippen MR) is 101 cm³/mol. The number of nitrogens with two attached hydrogens (primary N) is 1. The summed E-state index contributed by atoms with van der Waals surface area (Å²) in [5.41, 5.74) is 6.36. The smallest absolute Gasteiger partial charge is 0.255 e. The number of hydrogen-bond donors (Lipinski definition) is 2. The molecule has 0 aromatic heterocycles. The van der Waals surface area contributed by atoms with Crippen LogP contribution < -0.4 is 15.8 Å². The second kappa shape index (κ2) is 7.88. The molecule has 0 spiro atoms. The van der Waals surface area contributed by atoms with Crippen LogP contribution in [0.4, 0.5) is 10.1 Å². The van der Waals surface area contributed by atoms with Crippen molar-refractivity contribution >= 4 is 29.1 Å². The van der Waals surface area contributed by atoms with Crippen LogP contribution in [-0.4, -0.2) is 11.8 Å². The molecule has 0 saturated carbocycles. The van der Waals surface area contributed by atoms with Crippen molar-refractivity contribution < 1.29 is 18.7 Å². The number of rotatable bonds is 5. The quantitative estimate of drug-likeness (QED) is 0.673. The molecular weight excluding hydrogens is 371 g/mol. The molecule has 136 valence electrons. The van der Waals surface area contributed by atoms with Gasteiger partial charge >= 0.3 is 0 Å². The van der Waals surface area contributed by atoms with E-state index >= 15 is 0 Å². The molecule has 3 rings (SSSR count). The second-order valence-electron chi connectivity index (χ2n) is 5.60. The first-order chi connectivity index (χ1) is 12.9. The number of benzene rings is 3. The first-order valence-electron chi connectivity index (χ1n) is 7.86. The topological polar surface area (TPSA) is 81.4 Å². The van der Waals surface area contributed by atoms with Gasteiger partial charge in [-0.3, -0.25) is 9.59 Å². The molecule has 2 amide bonds. The van der Waals surface area contributed by atoms with E-state index in [0.29, 0.717) is 28.3 Å². The van der Waals surface area contributed by atoms with Crippen molar-refractivity contribution in [3.63, 3.8) is 0 Å². The molecule has 3 aromatic rings. The third kappa shape index (κ3) is 4.62. The van der Waals surface area contributed by atoms with Crippen LogP contribution in [-0.2, 0) is 0 Å². The van der Waals surface area contributed by atoms with E-state index in [1.807, 2.05) is 0 Å². The number of amides is 2. The van der Waals surface area contributed by atoms with Gasteiger partial charge in [-0.2, -0.15) is 0 Å². The molecule has 0 radical (unpaired) electrons. The van der Waals surface area contributed by atoms with E-state index in [1.54, 1.807) is 48.5 Å². The Morgan fingerprint density at radius 2 is 1.44 bits per heavy atom. The number of halogens is 2. The van der Waals surface area contributed by atoms with E-state index in [2.05, 4.69) is 5.32 Å². The Balaban J connectivity index is 1.66. The van der Waals surface area contributed by atoms with Gasteiger partial charge in [0.25, 0.3) is 5.91 Å².